The third kappa shape index (κ3) is 6.82. The van der Waals surface area contributed by atoms with Crippen LogP contribution in [0.4, 0.5) is 4.39 Å². The van der Waals surface area contributed by atoms with Gasteiger partial charge < -0.3 is 29.4 Å². The lowest BCUT2D eigenvalue weighted by atomic mass is 10.0. The lowest BCUT2D eigenvalue weighted by Gasteiger charge is -2.31. The number of rotatable bonds is 8. The Balaban J connectivity index is 1.78. The summed E-state index contributed by atoms with van der Waals surface area (Å²) >= 11 is 0. The van der Waals surface area contributed by atoms with Crippen molar-refractivity contribution in [2.24, 2.45) is 0 Å². The largest absolute Gasteiger partial charge is 0.503 e. The van der Waals surface area contributed by atoms with Gasteiger partial charge in [0.2, 0.25) is 0 Å². The predicted molar refractivity (Wildman–Crippen MR) is 124 cm³/mol. The molecule has 9 nitrogen and oxygen atoms in total. The van der Waals surface area contributed by atoms with Crippen LogP contribution in [0.15, 0.2) is 36.5 Å². The van der Waals surface area contributed by atoms with Gasteiger partial charge in [-0.25, -0.2) is 14.2 Å². The van der Waals surface area contributed by atoms with E-state index in [9.17, 15) is 19.1 Å². The molecule has 0 saturated carbocycles. The molecule has 1 amide bonds. The number of hydrogen-bond acceptors (Lipinski definition) is 8. The second-order valence-electron chi connectivity index (χ2n) is 8.26. The Labute approximate surface area is 203 Å². The molecule has 4 atom stereocenters. The van der Waals surface area contributed by atoms with Gasteiger partial charge in [0.05, 0.1) is 13.2 Å². The number of carbonyl (C=O) groups is 2. The van der Waals surface area contributed by atoms with Crippen molar-refractivity contribution in [3.63, 3.8) is 0 Å². The number of aromatic hydroxyl groups is 1. The highest BCUT2D eigenvalue weighted by molar-refractivity contribution is 5.97. The molecular formula is C25H31FN2O7. The molecule has 0 radical (unpaired) electrons. The molecule has 1 aromatic carbocycles. The normalized spacial score (nSPS) is 22.8. The quantitative estimate of drug-likeness (QED) is 0.541. The second kappa shape index (κ2) is 12.3. The highest BCUT2D eigenvalue weighted by Crippen LogP contribution is 2.28. The number of amides is 1. The van der Waals surface area contributed by atoms with Crippen molar-refractivity contribution < 1.29 is 38.0 Å². The summed E-state index contributed by atoms with van der Waals surface area (Å²) in [5.74, 6) is -1.87. The number of carbonyl (C=O) groups excluding carboxylic acids is 2. The van der Waals surface area contributed by atoms with Crippen LogP contribution in [0.2, 0.25) is 0 Å². The predicted octanol–water partition coefficient (Wildman–Crippen LogP) is 3.39. The third-order valence-electron chi connectivity index (χ3n) is 5.63. The van der Waals surface area contributed by atoms with E-state index in [1.165, 1.54) is 37.6 Å². The van der Waals surface area contributed by atoms with Crippen LogP contribution in [0.3, 0.4) is 0 Å². The summed E-state index contributed by atoms with van der Waals surface area (Å²) < 4.78 is 36.4. The summed E-state index contributed by atoms with van der Waals surface area (Å²) in [6.07, 6.45) is 1.56. The van der Waals surface area contributed by atoms with Crippen molar-refractivity contribution in [2.45, 2.75) is 63.9 Å². The summed E-state index contributed by atoms with van der Waals surface area (Å²) in [6, 6.07) is 6.17. The van der Waals surface area contributed by atoms with Gasteiger partial charge in [-0.3, -0.25) is 4.79 Å². The first-order valence-corrected chi connectivity index (χ1v) is 11.6. The topological polar surface area (TPSA) is 116 Å². The number of hydrogen-bond donors (Lipinski definition) is 2. The van der Waals surface area contributed by atoms with Gasteiger partial charge in [-0.1, -0.05) is 13.0 Å². The van der Waals surface area contributed by atoms with Crippen LogP contribution in [0.1, 0.15) is 50.0 Å². The second-order valence-corrected chi connectivity index (χ2v) is 8.26. The van der Waals surface area contributed by atoms with E-state index in [-0.39, 0.29) is 17.9 Å². The average molecular weight is 491 g/mol. The molecule has 1 fully saturated rings. The first-order chi connectivity index (χ1) is 16.8. The number of cyclic esters (lactones) is 1. The number of pyridine rings is 1. The van der Waals surface area contributed by atoms with Gasteiger partial charge in [-0.15, -0.1) is 0 Å². The van der Waals surface area contributed by atoms with Crippen molar-refractivity contribution >= 4 is 11.9 Å². The molecule has 2 N–H and O–H groups in total. The molecule has 1 saturated heterocycles. The van der Waals surface area contributed by atoms with Crippen molar-refractivity contribution in [1.29, 1.82) is 0 Å². The number of esters is 1. The molecule has 190 valence electrons. The Morgan fingerprint density at radius 3 is 2.83 bits per heavy atom. The number of ether oxygens (including phenoxy) is 4. The summed E-state index contributed by atoms with van der Waals surface area (Å²) in [6.45, 7) is 4.13. The van der Waals surface area contributed by atoms with E-state index in [4.69, 9.17) is 18.9 Å². The SMILES string of the molecule is CCCOC1CCCC(NC(=O)c2nccc(OC)c2O)C(=O)OC(C)C1Oc1cccc(F)c1. The number of methoxy groups -OCH3 is 1. The summed E-state index contributed by atoms with van der Waals surface area (Å²) in [7, 11) is 1.35. The molecule has 0 bridgehead atoms. The lowest BCUT2D eigenvalue weighted by Crippen LogP contribution is -2.46. The third-order valence-corrected chi connectivity index (χ3v) is 5.63. The van der Waals surface area contributed by atoms with E-state index in [0.717, 1.165) is 6.42 Å². The number of benzene rings is 1. The Morgan fingerprint density at radius 2 is 2.11 bits per heavy atom. The minimum absolute atomic E-state index is 0.0871. The number of halogens is 1. The zero-order chi connectivity index (χ0) is 25.4. The van der Waals surface area contributed by atoms with E-state index in [1.807, 2.05) is 6.92 Å². The van der Waals surface area contributed by atoms with E-state index in [0.29, 0.717) is 25.2 Å². The zero-order valence-corrected chi connectivity index (χ0v) is 20.0. The first-order valence-electron chi connectivity index (χ1n) is 11.6. The van der Waals surface area contributed by atoms with Gasteiger partial charge >= 0.3 is 5.97 Å². The number of nitrogens with zero attached hydrogens (tertiary/aromatic N) is 1. The van der Waals surface area contributed by atoms with Crippen molar-refractivity contribution in [1.82, 2.24) is 10.3 Å². The van der Waals surface area contributed by atoms with E-state index in [2.05, 4.69) is 10.3 Å². The minimum Gasteiger partial charge on any atom is -0.503 e. The molecule has 3 rings (SSSR count). The Kier molecular flexibility index (Phi) is 9.25. The molecule has 1 aliphatic heterocycles. The first kappa shape index (κ1) is 26.2. The van der Waals surface area contributed by atoms with Crippen LogP contribution in [0, 0.1) is 5.82 Å². The highest BCUT2D eigenvalue weighted by atomic mass is 19.1. The molecule has 0 spiro atoms. The fraction of sp³-hybridized carbons (Fsp3) is 0.480. The van der Waals surface area contributed by atoms with E-state index in [1.54, 1.807) is 13.0 Å². The minimum atomic E-state index is -0.975. The number of aromatic nitrogens is 1. The van der Waals surface area contributed by atoms with Crippen LogP contribution < -0.4 is 14.8 Å². The standard InChI is InChI=1S/C25H31FN2O7/c1-4-13-33-20-10-6-9-18(28-24(30)21-22(29)19(32-3)11-12-27-21)25(31)34-15(2)23(20)35-17-8-5-7-16(26)14-17/h5,7-8,11-12,14-15,18,20,23,29H,4,6,9-10,13H2,1-3H3,(H,28,30). The molecule has 2 heterocycles. The molecule has 2 aromatic rings. The monoisotopic (exact) mass is 490 g/mol. The van der Waals surface area contributed by atoms with Gasteiger partial charge in [-0.05, 0) is 44.7 Å². The lowest BCUT2D eigenvalue weighted by molar-refractivity contribution is -0.159. The van der Waals surface area contributed by atoms with Crippen molar-refractivity contribution in [3.8, 4) is 17.2 Å². The fourth-order valence-electron chi connectivity index (χ4n) is 3.88. The van der Waals surface area contributed by atoms with Crippen molar-refractivity contribution in [3.05, 3.63) is 48.0 Å². The van der Waals surface area contributed by atoms with Crippen molar-refractivity contribution in [2.75, 3.05) is 13.7 Å². The van der Waals surface area contributed by atoms with Gasteiger partial charge in [-0.2, -0.15) is 0 Å². The molecular weight excluding hydrogens is 459 g/mol. The van der Waals surface area contributed by atoms with Crippen LogP contribution in [0.5, 0.6) is 17.2 Å². The fourth-order valence-corrected chi connectivity index (χ4v) is 3.88. The maximum atomic E-state index is 13.7. The molecule has 1 aromatic heterocycles. The Hall–Kier alpha value is -3.40. The maximum Gasteiger partial charge on any atom is 0.329 e. The van der Waals surface area contributed by atoms with Crippen LogP contribution >= 0.6 is 0 Å². The summed E-state index contributed by atoms with van der Waals surface area (Å²) in [5, 5.41) is 12.8. The average Bonchev–Trinajstić information content (AvgIpc) is 2.88. The molecule has 4 unspecified atom stereocenters. The Morgan fingerprint density at radius 1 is 1.31 bits per heavy atom. The zero-order valence-electron chi connectivity index (χ0n) is 20.0. The van der Waals surface area contributed by atoms with Gasteiger partial charge in [0.25, 0.3) is 5.91 Å². The molecule has 10 heteroatoms. The van der Waals surface area contributed by atoms with Crippen LogP contribution in [-0.4, -0.2) is 60.0 Å². The summed E-state index contributed by atoms with van der Waals surface area (Å²) in [5.41, 5.74) is -0.262. The van der Waals surface area contributed by atoms with E-state index < -0.39 is 47.8 Å². The van der Waals surface area contributed by atoms with Gasteiger partial charge in [0, 0.05) is 24.9 Å². The van der Waals surface area contributed by atoms with E-state index >= 15 is 0 Å². The number of nitrogens with one attached hydrogen (secondary N) is 1. The molecule has 1 aliphatic rings. The van der Waals surface area contributed by atoms with Gasteiger partial charge in [0.1, 0.15) is 23.7 Å². The summed E-state index contributed by atoms with van der Waals surface area (Å²) in [4.78, 5) is 29.7. The van der Waals surface area contributed by atoms with Crippen LogP contribution in [0.25, 0.3) is 0 Å². The van der Waals surface area contributed by atoms with Gasteiger partial charge in [0.15, 0.2) is 23.3 Å². The smallest absolute Gasteiger partial charge is 0.329 e. The van der Waals surface area contributed by atoms with Crippen LogP contribution in [-0.2, 0) is 14.3 Å². The molecule has 0 aliphatic carbocycles. The molecule has 35 heavy (non-hydrogen) atoms. The Bertz CT molecular complexity index is 1020. The highest BCUT2D eigenvalue weighted by Gasteiger charge is 2.36. The maximum absolute atomic E-state index is 13.7.